The molecule has 6 heteroatoms. The topological polar surface area (TPSA) is 70.8 Å². The van der Waals surface area contributed by atoms with Crippen molar-refractivity contribution in [3.05, 3.63) is 35.6 Å². The van der Waals surface area contributed by atoms with Crippen molar-refractivity contribution >= 4 is 6.09 Å². The maximum Gasteiger partial charge on any atom is 0.407 e. The summed E-state index contributed by atoms with van der Waals surface area (Å²) in [6.45, 7) is 3.64. The summed E-state index contributed by atoms with van der Waals surface area (Å²) < 4.78 is 29.5. The van der Waals surface area contributed by atoms with Crippen LogP contribution in [0.1, 0.15) is 25.8 Å². The summed E-state index contributed by atoms with van der Waals surface area (Å²) in [5.41, 5.74) is 5.22. The number of rotatable bonds is 7. The number of hydrogen-bond acceptors (Lipinski definition) is 4. The molecule has 0 aliphatic heterocycles. The van der Waals surface area contributed by atoms with Gasteiger partial charge in [-0.15, -0.1) is 0 Å². The van der Waals surface area contributed by atoms with Crippen LogP contribution in [0.5, 0.6) is 0 Å². The first kappa shape index (κ1) is 16.4. The Labute approximate surface area is 117 Å². The zero-order valence-electron chi connectivity index (χ0n) is 11.9. The van der Waals surface area contributed by atoms with Gasteiger partial charge in [0.1, 0.15) is 5.82 Å². The maximum atomic E-state index is 14.1. The zero-order valence-corrected chi connectivity index (χ0v) is 11.9. The van der Waals surface area contributed by atoms with Crippen molar-refractivity contribution in [1.29, 1.82) is 0 Å². The lowest BCUT2D eigenvalue weighted by Gasteiger charge is -2.34. The van der Waals surface area contributed by atoms with Gasteiger partial charge in [0.2, 0.25) is 5.79 Å². The van der Waals surface area contributed by atoms with Gasteiger partial charge in [-0.1, -0.05) is 26.0 Å². The fraction of sp³-hybridized carbons (Fsp3) is 0.500. The first-order valence-electron chi connectivity index (χ1n) is 6.27. The Morgan fingerprint density at radius 2 is 2.05 bits per heavy atom. The molecule has 1 atom stereocenters. The van der Waals surface area contributed by atoms with Gasteiger partial charge in [-0.05, 0) is 18.1 Å². The van der Waals surface area contributed by atoms with Crippen LogP contribution in [-0.4, -0.2) is 20.0 Å². The lowest BCUT2D eigenvalue weighted by molar-refractivity contribution is -0.257. The van der Waals surface area contributed by atoms with E-state index in [0.29, 0.717) is 0 Å². The van der Waals surface area contributed by atoms with Crippen LogP contribution in [0.4, 0.5) is 9.18 Å². The van der Waals surface area contributed by atoms with Crippen molar-refractivity contribution in [2.75, 3.05) is 13.9 Å². The van der Waals surface area contributed by atoms with Crippen LogP contribution >= 0.6 is 0 Å². The van der Waals surface area contributed by atoms with Crippen LogP contribution in [0.25, 0.3) is 0 Å². The van der Waals surface area contributed by atoms with Crippen molar-refractivity contribution < 1.29 is 23.4 Å². The van der Waals surface area contributed by atoms with Crippen LogP contribution in [0.3, 0.4) is 0 Å². The molecule has 0 aromatic heterocycles. The van der Waals surface area contributed by atoms with Crippen molar-refractivity contribution in [1.82, 2.24) is 0 Å². The van der Waals surface area contributed by atoms with E-state index in [1.807, 2.05) is 13.8 Å². The number of hydrogen-bond donors (Lipinski definition) is 1. The molecule has 0 spiro atoms. The van der Waals surface area contributed by atoms with E-state index in [1.165, 1.54) is 19.2 Å². The highest BCUT2D eigenvalue weighted by molar-refractivity contribution is 5.65. The summed E-state index contributed by atoms with van der Waals surface area (Å²) in [6, 6.07) is 5.94. The molecule has 2 N–H and O–H groups in total. The van der Waals surface area contributed by atoms with Gasteiger partial charge < -0.3 is 19.9 Å². The van der Waals surface area contributed by atoms with Gasteiger partial charge in [-0.25, -0.2) is 9.18 Å². The average molecular weight is 285 g/mol. The summed E-state index contributed by atoms with van der Waals surface area (Å²) in [4.78, 5) is 11.2. The van der Waals surface area contributed by atoms with E-state index in [4.69, 9.17) is 19.9 Å². The van der Waals surface area contributed by atoms with Crippen LogP contribution in [0.2, 0.25) is 0 Å². The second-order valence-electron chi connectivity index (χ2n) is 4.80. The first-order chi connectivity index (χ1) is 9.41. The van der Waals surface area contributed by atoms with Crippen LogP contribution in [-0.2, 0) is 20.0 Å². The molecule has 1 aromatic rings. The number of primary amides is 1. The largest absolute Gasteiger partial charge is 0.412 e. The molecule has 1 rings (SSSR count). The van der Waals surface area contributed by atoms with Gasteiger partial charge in [0.15, 0.2) is 6.79 Å². The summed E-state index contributed by atoms with van der Waals surface area (Å²) in [5, 5.41) is 0. The third kappa shape index (κ3) is 4.18. The Balaban J connectivity index is 3.26. The minimum Gasteiger partial charge on any atom is -0.412 e. The number of ether oxygens (including phenoxy) is 3. The SMILES string of the molecule is COCO[C@@](CC(C)C)(OC(N)=O)c1ccccc1F. The van der Waals surface area contributed by atoms with Gasteiger partial charge in [-0.3, -0.25) is 0 Å². The molecule has 0 aliphatic rings. The summed E-state index contributed by atoms with van der Waals surface area (Å²) >= 11 is 0. The highest BCUT2D eigenvalue weighted by atomic mass is 19.1. The lowest BCUT2D eigenvalue weighted by atomic mass is 9.95. The highest BCUT2D eigenvalue weighted by Gasteiger charge is 2.40. The Bertz CT molecular complexity index is 453. The number of benzene rings is 1. The second-order valence-corrected chi connectivity index (χ2v) is 4.80. The zero-order chi connectivity index (χ0) is 15.2. The van der Waals surface area contributed by atoms with E-state index in [9.17, 15) is 9.18 Å². The molecule has 0 saturated heterocycles. The van der Waals surface area contributed by atoms with Crippen LogP contribution in [0.15, 0.2) is 24.3 Å². The Kier molecular flexibility index (Phi) is 5.91. The molecular formula is C14H20FNO4. The van der Waals surface area contributed by atoms with Crippen LogP contribution in [0, 0.1) is 11.7 Å². The van der Waals surface area contributed by atoms with Crippen molar-refractivity contribution in [2.45, 2.75) is 26.1 Å². The fourth-order valence-corrected chi connectivity index (χ4v) is 2.00. The quantitative estimate of drug-likeness (QED) is 0.782. The van der Waals surface area contributed by atoms with E-state index < -0.39 is 17.7 Å². The monoisotopic (exact) mass is 285 g/mol. The predicted molar refractivity (Wildman–Crippen MR) is 71.2 cm³/mol. The molecule has 0 bridgehead atoms. The van der Waals surface area contributed by atoms with Crippen molar-refractivity contribution in [3.63, 3.8) is 0 Å². The number of carbonyl (C=O) groups excluding carboxylic acids is 1. The van der Waals surface area contributed by atoms with E-state index >= 15 is 0 Å². The number of nitrogens with two attached hydrogens (primary N) is 1. The molecule has 0 radical (unpaired) electrons. The Morgan fingerprint density at radius 1 is 1.40 bits per heavy atom. The average Bonchev–Trinajstić information content (AvgIpc) is 2.35. The minimum atomic E-state index is -1.60. The van der Waals surface area contributed by atoms with Gasteiger partial charge in [0.05, 0.1) is 5.56 Å². The molecule has 20 heavy (non-hydrogen) atoms. The normalized spacial score (nSPS) is 14.1. The van der Waals surface area contributed by atoms with Crippen molar-refractivity contribution in [2.24, 2.45) is 11.7 Å². The molecule has 1 amide bonds. The molecule has 0 fully saturated rings. The fourth-order valence-electron chi connectivity index (χ4n) is 2.00. The molecule has 5 nitrogen and oxygen atoms in total. The minimum absolute atomic E-state index is 0.0748. The highest BCUT2D eigenvalue weighted by Crippen LogP contribution is 2.35. The van der Waals surface area contributed by atoms with E-state index in [0.717, 1.165) is 0 Å². The second kappa shape index (κ2) is 7.21. The van der Waals surface area contributed by atoms with Gasteiger partial charge in [0, 0.05) is 13.5 Å². The molecule has 0 heterocycles. The van der Waals surface area contributed by atoms with E-state index in [1.54, 1.807) is 12.1 Å². The molecule has 0 aliphatic carbocycles. The maximum absolute atomic E-state index is 14.1. The third-order valence-corrected chi connectivity index (χ3v) is 2.64. The van der Waals surface area contributed by atoms with Crippen LogP contribution < -0.4 is 5.73 Å². The Hall–Kier alpha value is -1.66. The standard InChI is InChI=1S/C14H20FNO4/c1-10(2)8-14(19-9-18-3,20-13(16)17)11-6-4-5-7-12(11)15/h4-7,10H,8-9H2,1-3H3,(H2,16,17)/t14-/m0/s1. The summed E-state index contributed by atoms with van der Waals surface area (Å²) in [7, 11) is 1.42. The summed E-state index contributed by atoms with van der Waals surface area (Å²) in [5.74, 6) is -2.06. The number of amides is 1. The predicted octanol–water partition coefficient (Wildman–Crippen LogP) is 2.74. The first-order valence-corrected chi connectivity index (χ1v) is 6.27. The Morgan fingerprint density at radius 3 is 2.55 bits per heavy atom. The molecule has 1 aromatic carbocycles. The molecule has 0 unspecified atom stereocenters. The van der Waals surface area contributed by atoms with Crippen molar-refractivity contribution in [3.8, 4) is 0 Å². The third-order valence-electron chi connectivity index (χ3n) is 2.64. The molecular weight excluding hydrogens is 265 g/mol. The lowest BCUT2D eigenvalue weighted by Crippen LogP contribution is -2.40. The molecule has 112 valence electrons. The number of halogens is 1. The van der Waals surface area contributed by atoms with E-state index in [-0.39, 0.29) is 24.7 Å². The number of carbonyl (C=O) groups is 1. The van der Waals surface area contributed by atoms with Gasteiger partial charge in [-0.2, -0.15) is 0 Å². The smallest absolute Gasteiger partial charge is 0.407 e. The van der Waals surface area contributed by atoms with Gasteiger partial charge >= 0.3 is 6.09 Å². The van der Waals surface area contributed by atoms with Gasteiger partial charge in [0.25, 0.3) is 0 Å². The number of methoxy groups -OCH3 is 1. The van der Waals surface area contributed by atoms with E-state index in [2.05, 4.69) is 0 Å². The molecule has 0 saturated carbocycles. The summed E-state index contributed by atoms with van der Waals surface area (Å²) in [6.07, 6.45) is -0.787.